The molecule has 1 aromatic rings. The summed E-state index contributed by atoms with van der Waals surface area (Å²) in [5.74, 6) is -0.346. The Hall–Kier alpha value is -1.40. The van der Waals surface area contributed by atoms with Gasteiger partial charge in [0.05, 0.1) is 17.5 Å². The van der Waals surface area contributed by atoms with Crippen molar-refractivity contribution >= 4 is 15.7 Å². The van der Waals surface area contributed by atoms with Crippen molar-refractivity contribution in [1.82, 2.24) is 4.90 Å². The molecule has 2 heterocycles. The van der Waals surface area contributed by atoms with Gasteiger partial charge in [0.2, 0.25) is 5.91 Å². The Kier molecular flexibility index (Phi) is 2.92. The van der Waals surface area contributed by atoms with Gasteiger partial charge >= 0.3 is 0 Å². The smallest absolute Gasteiger partial charge is 0.243 e. The molecule has 0 bridgehead atoms. The highest BCUT2D eigenvalue weighted by Gasteiger charge is 2.55. The molecule has 2 fully saturated rings. The molecule has 0 aromatic heterocycles. The minimum absolute atomic E-state index is 0.138. The predicted molar refractivity (Wildman–Crippen MR) is 72.7 cm³/mol. The van der Waals surface area contributed by atoms with Crippen LogP contribution in [0.15, 0.2) is 35.2 Å². The van der Waals surface area contributed by atoms with Crippen molar-refractivity contribution in [2.45, 2.75) is 42.2 Å². The lowest BCUT2D eigenvalue weighted by molar-refractivity contribution is -0.141. The second kappa shape index (κ2) is 4.30. The first-order valence-electron chi connectivity index (χ1n) is 6.60. The minimum atomic E-state index is -3.63. The topological polar surface area (TPSA) is 63.7 Å². The molecule has 6 heteroatoms. The summed E-state index contributed by atoms with van der Waals surface area (Å²) in [5.41, 5.74) is -0.720. The summed E-state index contributed by atoms with van der Waals surface area (Å²) in [6.45, 7) is 3.99. The Morgan fingerprint density at radius 1 is 1.25 bits per heavy atom. The van der Waals surface area contributed by atoms with Crippen LogP contribution in [0.5, 0.6) is 0 Å². The molecule has 2 saturated heterocycles. The molecule has 0 N–H and O–H groups in total. The molecular formula is C14H17NO4S. The number of rotatable bonds is 2. The Morgan fingerprint density at radius 3 is 2.50 bits per heavy atom. The van der Waals surface area contributed by atoms with E-state index in [1.807, 2.05) is 0 Å². The zero-order valence-electron chi connectivity index (χ0n) is 11.4. The second-order valence-corrected chi connectivity index (χ2v) is 7.83. The number of sulfone groups is 1. The van der Waals surface area contributed by atoms with Gasteiger partial charge < -0.3 is 9.64 Å². The third kappa shape index (κ3) is 1.86. The lowest BCUT2D eigenvalue weighted by Gasteiger charge is -2.29. The maximum Gasteiger partial charge on any atom is 0.243 e. The maximum absolute atomic E-state index is 12.6. The average Bonchev–Trinajstić information content (AvgIpc) is 2.90. The number of carbonyl (C=O) groups is 1. The molecule has 1 aromatic carbocycles. The van der Waals surface area contributed by atoms with Crippen LogP contribution in [0, 0.1) is 0 Å². The van der Waals surface area contributed by atoms with Crippen LogP contribution in [0.3, 0.4) is 0 Å². The highest BCUT2D eigenvalue weighted by Crippen LogP contribution is 2.38. The van der Waals surface area contributed by atoms with Crippen molar-refractivity contribution in [3.8, 4) is 0 Å². The van der Waals surface area contributed by atoms with Crippen LogP contribution in [0.1, 0.15) is 20.3 Å². The van der Waals surface area contributed by atoms with Crippen molar-refractivity contribution in [1.29, 1.82) is 0 Å². The van der Waals surface area contributed by atoms with Crippen LogP contribution in [0.25, 0.3) is 0 Å². The molecule has 0 radical (unpaired) electrons. The molecule has 2 unspecified atom stereocenters. The first kappa shape index (κ1) is 13.6. The fourth-order valence-corrected chi connectivity index (χ4v) is 4.76. The van der Waals surface area contributed by atoms with Crippen LogP contribution in [-0.2, 0) is 19.4 Å². The quantitative estimate of drug-likeness (QED) is 0.822. The number of nitrogens with zero attached hydrogens (tertiary/aromatic N) is 1. The molecule has 1 amide bonds. The number of benzene rings is 1. The highest BCUT2D eigenvalue weighted by molar-refractivity contribution is 7.92. The van der Waals surface area contributed by atoms with E-state index in [1.165, 1.54) is 12.1 Å². The first-order valence-corrected chi connectivity index (χ1v) is 8.15. The summed E-state index contributed by atoms with van der Waals surface area (Å²) in [5, 5.41) is -0.988. The number of amides is 1. The number of hydrogen-bond acceptors (Lipinski definition) is 4. The maximum atomic E-state index is 12.6. The third-order valence-corrected chi connectivity index (χ3v) is 6.09. The van der Waals surface area contributed by atoms with Gasteiger partial charge in [0.15, 0.2) is 9.84 Å². The fourth-order valence-electron chi connectivity index (χ4n) is 3.04. The zero-order valence-corrected chi connectivity index (χ0v) is 12.3. The predicted octanol–water partition coefficient (Wildman–Crippen LogP) is 1.20. The standard InChI is InChI=1S/C14H17NO4S/c1-14(2)15-10(9-19-14)8-12(13(15)16)20(17,18)11-6-4-3-5-7-11/h3-7,10,12H,8-9H2,1-2H3. The normalized spacial score (nSPS) is 28.7. The van der Waals surface area contributed by atoms with Crippen molar-refractivity contribution in [3.63, 3.8) is 0 Å². The van der Waals surface area contributed by atoms with Crippen molar-refractivity contribution in [3.05, 3.63) is 30.3 Å². The van der Waals surface area contributed by atoms with Gasteiger partial charge in [0, 0.05) is 0 Å². The van der Waals surface area contributed by atoms with E-state index >= 15 is 0 Å². The molecule has 2 atom stereocenters. The number of hydrogen-bond donors (Lipinski definition) is 0. The van der Waals surface area contributed by atoms with Crippen LogP contribution >= 0.6 is 0 Å². The lowest BCUT2D eigenvalue weighted by atomic mass is 10.2. The molecule has 108 valence electrons. The van der Waals surface area contributed by atoms with Crippen molar-refractivity contribution < 1.29 is 17.9 Å². The molecule has 2 aliphatic rings. The van der Waals surface area contributed by atoms with Gasteiger partial charge in [-0.05, 0) is 32.4 Å². The Balaban J connectivity index is 1.96. The van der Waals surface area contributed by atoms with E-state index < -0.39 is 20.8 Å². The van der Waals surface area contributed by atoms with Crippen LogP contribution in [0.4, 0.5) is 0 Å². The summed E-state index contributed by atoms with van der Waals surface area (Å²) >= 11 is 0. The number of carbonyl (C=O) groups excluding carboxylic acids is 1. The summed E-state index contributed by atoms with van der Waals surface area (Å²) in [6.07, 6.45) is 0.305. The van der Waals surface area contributed by atoms with E-state index in [9.17, 15) is 13.2 Å². The van der Waals surface area contributed by atoms with Crippen LogP contribution in [0.2, 0.25) is 0 Å². The first-order chi connectivity index (χ1) is 9.34. The minimum Gasteiger partial charge on any atom is -0.354 e. The van der Waals surface area contributed by atoms with Gasteiger partial charge in [-0.1, -0.05) is 18.2 Å². The molecule has 5 nitrogen and oxygen atoms in total. The van der Waals surface area contributed by atoms with E-state index in [1.54, 1.807) is 36.9 Å². The third-order valence-electron chi connectivity index (χ3n) is 4.02. The van der Waals surface area contributed by atoms with E-state index in [4.69, 9.17) is 4.74 Å². The van der Waals surface area contributed by atoms with E-state index in [0.29, 0.717) is 13.0 Å². The van der Waals surface area contributed by atoms with Crippen molar-refractivity contribution in [2.75, 3.05) is 6.61 Å². The van der Waals surface area contributed by atoms with E-state index in [0.717, 1.165) is 0 Å². The number of fused-ring (bicyclic) bond motifs is 1. The van der Waals surface area contributed by atoms with Gasteiger partial charge in [-0.25, -0.2) is 8.42 Å². The molecule has 0 saturated carbocycles. The molecule has 2 aliphatic heterocycles. The average molecular weight is 295 g/mol. The summed E-state index contributed by atoms with van der Waals surface area (Å²) < 4.78 is 30.8. The SMILES string of the molecule is CC1(C)OCC2CC(S(=O)(=O)c3ccccc3)C(=O)N21. The number of ether oxygens (including phenoxy) is 1. The van der Waals surface area contributed by atoms with Gasteiger partial charge in [0.1, 0.15) is 11.0 Å². The van der Waals surface area contributed by atoms with Crippen LogP contribution < -0.4 is 0 Å². The van der Waals surface area contributed by atoms with Gasteiger partial charge in [-0.3, -0.25) is 4.79 Å². The van der Waals surface area contributed by atoms with Crippen molar-refractivity contribution in [2.24, 2.45) is 0 Å². The highest BCUT2D eigenvalue weighted by atomic mass is 32.2. The summed E-state index contributed by atoms with van der Waals surface area (Å²) in [6, 6.07) is 8.02. The van der Waals surface area contributed by atoms with Gasteiger partial charge in [0.25, 0.3) is 0 Å². The Labute approximate surface area is 118 Å². The van der Waals surface area contributed by atoms with E-state index in [2.05, 4.69) is 0 Å². The summed E-state index contributed by atoms with van der Waals surface area (Å²) in [4.78, 5) is 14.3. The zero-order chi connectivity index (χ0) is 14.5. The second-order valence-electron chi connectivity index (χ2n) is 5.70. The molecular weight excluding hydrogens is 278 g/mol. The summed E-state index contributed by atoms with van der Waals surface area (Å²) in [7, 11) is -3.63. The largest absolute Gasteiger partial charge is 0.354 e. The molecule has 0 aliphatic carbocycles. The van der Waals surface area contributed by atoms with Crippen LogP contribution in [-0.4, -0.2) is 42.8 Å². The van der Waals surface area contributed by atoms with E-state index in [-0.39, 0.29) is 16.8 Å². The molecule has 3 rings (SSSR count). The fraction of sp³-hybridized carbons (Fsp3) is 0.500. The monoisotopic (exact) mass is 295 g/mol. The van der Waals surface area contributed by atoms with Gasteiger partial charge in [-0.2, -0.15) is 0 Å². The molecule has 20 heavy (non-hydrogen) atoms. The Morgan fingerprint density at radius 2 is 1.90 bits per heavy atom. The van der Waals surface area contributed by atoms with Gasteiger partial charge in [-0.15, -0.1) is 0 Å². The Bertz CT molecular complexity index is 638. The lowest BCUT2D eigenvalue weighted by Crippen LogP contribution is -2.46. The molecule has 0 spiro atoms.